The molecule has 2 rings (SSSR count). The molecule has 1 aliphatic carbocycles. The summed E-state index contributed by atoms with van der Waals surface area (Å²) in [5, 5.41) is 8.80. The van der Waals surface area contributed by atoms with Crippen LogP contribution >= 0.6 is 0 Å². The first-order valence-corrected chi connectivity index (χ1v) is 7.48. The van der Waals surface area contributed by atoms with Gasteiger partial charge in [0.15, 0.2) is 0 Å². The second-order valence-corrected chi connectivity index (χ2v) is 5.44. The van der Waals surface area contributed by atoms with Gasteiger partial charge in [-0.1, -0.05) is 0 Å². The Hall–Kier alpha value is -1.59. The molecule has 0 unspecified atom stereocenters. The number of carboxylic acids is 1. The van der Waals surface area contributed by atoms with E-state index in [0.717, 1.165) is 32.1 Å². The average Bonchev–Trinajstić information content (AvgIpc) is 2.49. The van der Waals surface area contributed by atoms with Gasteiger partial charge in [-0.05, 0) is 49.9 Å². The third-order valence-electron chi connectivity index (χ3n) is 3.73. The molecule has 0 atom stereocenters. The highest BCUT2D eigenvalue weighted by atomic mass is 16.5. The summed E-state index contributed by atoms with van der Waals surface area (Å²) in [6.07, 6.45) is 5.38. The van der Waals surface area contributed by atoms with Crippen molar-refractivity contribution in [3.8, 4) is 5.75 Å². The molecule has 0 amide bonds. The van der Waals surface area contributed by atoms with Gasteiger partial charge in [0.2, 0.25) is 0 Å². The van der Waals surface area contributed by atoms with Gasteiger partial charge >= 0.3 is 5.97 Å². The first-order valence-electron chi connectivity index (χ1n) is 7.48. The van der Waals surface area contributed by atoms with Crippen LogP contribution in [0, 0.1) is 0 Å². The fourth-order valence-electron chi connectivity index (χ4n) is 2.45. The van der Waals surface area contributed by atoms with Crippen molar-refractivity contribution in [1.29, 1.82) is 0 Å². The second kappa shape index (κ2) is 8.00. The van der Waals surface area contributed by atoms with E-state index in [2.05, 4.69) is 0 Å². The molecule has 0 aliphatic heterocycles. The van der Waals surface area contributed by atoms with Crippen molar-refractivity contribution in [3.63, 3.8) is 0 Å². The van der Waals surface area contributed by atoms with Gasteiger partial charge in [0.05, 0.1) is 24.9 Å². The molecular weight excluding hydrogens is 270 g/mol. The van der Waals surface area contributed by atoms with Crippen LogP contribution in [0.3, 0.4) is 0 Å². The molecule has 0 radical (unpaired) electrons. The minimum Gasteiger partial charge on any atom is -0.494 e. The molecule has 1 aromatic rings. The van der Waals surface area contributed by atoms with Crippen molar-refractivity contribution in [1.82, 2.24) is 0 Å². The fourth-order valence-corrected chi connectivity index (χ4v) is 2.45. The standard InChI is InChI=1S/C16H23NO4/c17-13-4-8-15(9-5-13)21-11-1-10-20-14-6-2-12(3-7-14)16(18)19/h2-3,6-7,13,15H,1,4-5,8-11,17H2,(H,18,19). The normalized spacial score (nSPS) is 22.0. The Morgan fingerprint density at radius 1 is 1.14 bits per heavy atom. The van der Waals surface area contributed by atoms with Gasteiger partial charge in [-0.3, -0.25) is 0 Å². The molecule has 0 spiro atoms. The molecule has 1 fully saturated rings. The van der Waals surface area contributed by atoms with Gasteiger partial charge in [0, 0.05) is 12.5 Å². The lowest BCUT2D eigenvalue weighted by Crippen LogP contribution is -2.30. The van der Waals surface area contributed by atoms with E-state index in [-0.39, 0.29) is 5.56 Å². The Balaban J connectivity index is 1.58. The summed E-state index contributed by atoms with van der Waals surface area (Å²) in [7, 11) is 0. The van der Waals surface area contributed by atoms with Crippen molar-refractivity contribution in [2.24, 2.45) is 5.73 Å². The van der Waals surface area contributed by atoms with Crippen LogP contribution in [0.4, 0.5) is 0 Å². The molecule has 21 heavy (non-hydrogen) atoms. The predicted octanol–water partition coefficient (Wildman–Crippen LogP) is 2.44. The van der Waals surface area contributed by atoms with Gasteiger partial charge in [-0.15, -0.1) is 0 Å². The fraction of sp³-hybridized carbons (Fsp3) is 0.562. The molecule has 3 N–H and O–H groups in total. The molecule has 5 heteroatoms. The number of rotatable bonds is 7. The summed E-state index contributed by atoms with van der Waals surface area (Å²) in [6, 6.07) is 6.78. The molecule has 5 nitrogen and oxygen atoms in total. The highest BCUT2D eigenvalue weighted by molar-refractivity contribution is 5.87. The van der Waals surface area contributed by atoms with Gasteiger partial charge < -0.3 is 20.3 Å². The van der Waals surface area contributed by atoms with Gasteiger partial charge in [0.25, 0.3) is 0 Å². The van der Waals surface area contributed by atoms with E-state index in [0.29, 0.717) is 31.1 Å². The second-order valence-electron chi connectivity index (χ2n) is 5.44. The van der Waals surface area contributed by atoms with Crippen LogP contribution in [-0.2, 0) is 4.74 Å². The van der Waals surface area contributed by atoms with E-state index >= 15 is 0 Å². The number of carboxylic acid groups (broad SMARTS) is 1. The van der Waals surface area contributed by atoms with Crippen molar-refractivity contribution in [2.45, 2.75) is 44.2 Å². The van der Waals surface area contributed by atoms with Gasteiger partial charge in [0.1, 0.15) is 5.75 Å². The van der Waals surface area contributed by atoms with Crippen LogP contribution in [0.5, 0.6) is 5.75 Å². The summed E-state index contributed by atoms with van der Waals surface area (Å²) >= 11 is 0. The van der Waals surface area contributed by atoms with Crippen LogP contribution < -0.4 is 10.5 Å². The van der Waals surface area contributed by atoms with Crippen LogP contribution in [0.15, 0.2) is 24.3 Å². The van der Waals surface area contributed by atoms with Crippen LogP contribution in [0.1, 0.15) is 42.5 Å². The summed E-state index contributed by atoms with van der Waals surface area (Å²) in [6.45, 7) is 1.26. The molecule has 0 saturated heterocycles. The van der Waals surface area contributed by atoms with Crippen molar-refractivity contribution < 1.29 is 19.4 Å². The zero-order valence-electron chi connectivity index (χ0n) is 12.2. The summed E-state index contributed by atoms with van der Waals surface area (Å²) in [5.74, 6) is -0.245. The largest absolute Gasteiger partial charge is 0.494 e. The van der Waals surface area contributed by atoms with Crippen molar-refractivity contribution in [2.75, 3.05) is 13.2 Å². The smallest absolute Gasteiger partial charge is 0.335 e. The topological polar surface area (TPSA) is 81.8 Å². The highest BCUT2D eigenvalue weighted by Crippen LogP contribution is 2.20. The van der Waals surface area contributed by atoms with E-state index in [4.69, 9.17) is 20.3 Å². The average molecular weight is 293 g/mol. The lowest BCUT2D eigenvalue weighted by Gasteiger charge is -2.26. The van der Waals surface area contributed by atoms with E-state index in [1.54, 1.807) is 24.3 Å². The Morgan fingerprint density at radius 2 is 1.81 bits per heavy atom. The van der Waals surface area contributed by atoms with Crippen molar-refractivity contribution in [3.05, 3.63) is 29.8 Å². The molecule has 0 bridgehead atoms. The Bertz CT molecular complexity index is 438. The van der Waals surface area contributed by atoms with Crippen LogP contribution in [-0.4, -0.2) is 36.4 Å². The molecule has 0 aromatic heterocycles. The molecule has 1 aliphatic rings. The number of hydrogen-bond acceptors (Lipinski definition) is 4. The lowest BCUT2D eigenvalue weighted by molar-refractivity contribution is 0.0196. The predicted molar refractivity (Wildman–Crippen MR) is 79.7 cm³/mol. The molecule has 0 heterocycles. The molecule has 1 aromatic carbocycles. The SMILES string of the molecule is NC1CCC(OCCCOc2ccc(C(=O)O)cc2)CC1. The number of benzene rings is 1. The van der Waals surface area contributed by atoms with Gasteiger partial charge in [-0.2, -0.15) is 0 Å². The third kappa shape index (κ3) is 5.36. The minimum absolute atomic E-state index is 0.265. The Morgan fingerprint density at radius 3 is 2.43 bits per heavy atom. The van der Waals surface area contributed by atoms with E-state index in [1.807, 2.05) is 0 Å². The van der Waals surface area contributed by atoms with Gasteiger partial charge in [-0.25, -0.2) is 4.79 Å². The molecular formula is C16H23NO4. The zero-order valence-corrected chi connectivity index (χ0v) is 12.2. The number of ether oxygens (including phenoxy) is 2. The number of hydrogen-bond donors (Lipinski definition) is 2. The Labute approximate surface area is 125 Å². The molecule has 1 saturated carbocycles. The van der Waals surface area contributed by atoms with E-state index in [9.17, 15) is 4.79 Å². The maximum Gasteiger partial charge on any atom is 0.335 e. The first-order chi connectivity index (χ1) is 10.1. The monoisotopic (exact) mass is 293 g/mol. The van der Waals surface area contributed by atoms with Crippen LogP contribution in [0.25, 0.3) is 0 Å². The first kappa shape index (κ1) is 15.8. The number of carbonyl (C=O) groups is 1. The summed E-state index contributed by atoms with van der Waals surface area (Å²) in [5.41, 5.74) is 6.12. The summed E-state index contributed by atoms with van der Waals surface area (Å²) in [4.78, 5) is 10.7. The third-order valence-corrected chi connectivity index (χ3v) is 3.73. The quantitative estimate of drug-likeness (QED) is 0.755. The van der Waals surface area contributed by atoms with E-state index < -0.39 is 5.97 Å². The number of aromatic carboxylic acids is 1. The maximum absolute atomic E-state index is 10.7. The zero-order chi connectivity index (χ0) is 15.1. The molecule has 116 valence electrons. The highest BCUT2D eigenvalue weighted by Gasteiger charge is 2.18. The van der Waals surface area contributed by atoms with Crippen molar-refractivity contribution >= 4 is 5.97 Å². The van der Waals surface area contributed by atoms with Crippen LogP contribution in [0.2, 0.25) is 0 Å². The lowest BCUT2D eigenvalue weighted by atomic mass is 9.94. The summed E-state index contributed by atoms with van der Waals surface area (Å²) < 4.78 is 11.4. The van der Waals surface area contributed by atoms with E-state index in [1.165, 1.54) is 0 Å². The maximum atomic E-state index is 10.7. The number of nitrogens with two attached hydrogens (primary N) is 1. The Kier molecular flexibility index (Phi) is 6.02. The minimum atomic E-state index is -0.929.